The molecule has 0 radical (unpaired) electrons. The number of carbonyl (C=O) groups excluding carboxylic acids is 1. The fourth-order valence-electron chi connectivity index (χ4n) is 7.10. The van der Waals surface area contributed by atoms with Gasteiger partial charge in [-0.25, -0.2) is 0 Å². The van der Waals surface area contributed by atoms with Crippen molar-refractivity contribution in [3.8, 4) is 0 Å². The van der Waals surface area contributed by atoms with E-state index in [0.29, 0.717) is 20.0 Å². The number of hydrogen-bond acceptors (Lipinski definition) is 6. The molecular weight excluding hydrogens is 1340 g/mol. The maximum absolute atomic E-state index is 15.8. The molecule has 59 heavy (non-hydrogen) atoms. The molecule has 0 aromatic rings. The molecule has 0 aliphatic heterocycles. The van der Waals surface area contributed by atoms with Crippen LogP contribution in [0.4, 0.5) is 0 Å². The average Bonchev–Trinajstić information content (AvgIpc) is 3.10. The van der Waals surface area contributed by atoms with E-state index in [2.05, 4.69) is 192 Å². The summed E-state index contributed by atoms with van der Waals surface area (Å²) in [5, 5.41) is 12.1. The van der Waals surface area contributed by atoms with Gasteiger partial charge >= 0.3 is 0 Å². The SMILES string of the molecule is C=C1[C@@H](O)C[C@H](OP(P(P)P)P(P)P)[C@@](C)(C(=O)[C@@H](C)OP(P(P)P)P(PP)P(P)P)[C@@H]1[C@H](OPP)C1C[C@H](OP(P(P)P(P)P)P(P(P)P)P(P)P)C(C)=CC1(C)C. The van der Waals surface area contributed by atoms with Gasteiger partial charge in [-0.1, -0.05) is 52.3 Å². The second-order valence-electron chi connectivity index (χ2n) is 14.1. The maximum Gasteiger partial charge on any atom is 0.170 e. The lowest BCUT2D eigenvalue weighted by Gasteiger charge is -2.56. The topological polar surface area (TPSA) is 74.2 Å². The molecule has 0 spiro atoms. The Morgan fingerprint density at radius 2 is 1.32 bits per heavy atom. The third-order valence-electron chi connectivity index (χ3n) is 9.70. The van der Waals surface area contributed by atoms with Crippen LogP contribution in [0, 0.1) is 22.7 Å². The summed E-state index contributed by atoms with van der Waals surface area (Å²) in [5.41, 5.74) is 0.502. The van der Waals surface area contributed by atoms with Crippen molar-refractivity contribution in [2.75, 3.05) is 0 Å². The minimum atomic E-state index is -1.10. The summed E-state index contributed by atoms with van der Waals surface area (Å²) in [4.78, 5) is 15.8. The van der Waals surface area contributed by atoms with Crippen LogP contribution in [-0.4, -0.2) is 41.4 Å². The summed E-state index contributed by atoms with van der Waals surface area (Å²) in [6.45, 7) is 11.0. The van der Waals surface area contributed by atoms with Gasteiger partial charge in [0.25, 0.3) is 0 Å². The number of rotatable bonds is 23. The second-order valence-corrected chi connectivity index (χ2v) is 122. The van der Waals surface area contributed by atoms with E-state index in [1.165, 1.54) is 5.57 Å². The van der Waals surface area contributed by atoms with Gasteiger partial charge in [-0.15, -0.1) is 134 Å². The molecule has 0 aromatic carbocycles. The first-order chi connectivity index (χ1) is 27.1. The smallest absolute Gasteiger partial charge is 0.170 e. The minimum Gasteiger partial charge on any atom is -0.389 e. The van der Waals surface area contributed by atoms with Gasteiger partial charge < -0.3 is 23.2 Å². The molecule has 346 valence electrons. The molecule has 0 saturated heterocycles. The quantitative estimate of drug-likeness (QED) is 0.0812. The molecule has 2 rings (SSSR count). The van der Waals surface area contributed by atoms with Crippen molar-refractivity contribution >= 4 is 266 Å². The number of allylic oxidation sites excluding steroid dienone is 1. The summed E-state index contributed by atoms with van der Waals surface area (Å²) < 4.78 is 28.9. The van der Waals surface area contributed by atoms with Crippen LogP contribution in [0.1, 0.15) is 47.5 Å². The van der Waals surface area contributed by atoms with Crippen molar-refractivity contribution < 1.29 is 28.0 Å². The molecule has 1 saturated carbocycles. The lowest BCUT2D eigenvalue weighted by Crippen LogP contribution is -2.61. The predicted molar refractivity (Wildman–Crippen MR) is 369 cm³/mol. The van der Waals surface area contributed by atoms with Crippen molar-refractivity contribution in [1.82, 2.24) is 0 Å². The number of hydrogen-bond donors (Lipinski definition) is 1. The Labute approximate surface area is 414 Å². The fourth-order valence-corrected chi connectivity index (χ4v) is 203. The van der Waals surface area contributed by atoms with Gasteiger partial charge in [-0.3, -0.25) is 4.79 Å². The summed E-state index contributed by atoms with van der Waals surface area (Å²) in [5.74, 6) is -0.576. The highest BCUT2D eigenvalue weighted by Crippen LogP contribution is 3.18. The second kappa shape index (κ2) is 32.6. The Hall–Kier alpha value is 12.7. The Bertz CT molecular complexity index is 1360. The van der Waals surface area contributed by atoms with E-state index in [-0.39, 0.29) is 66.7 Å². The predicted octanol–water partition coefficient (Wildman–Crippen LogP) is 20.8. The molecule has 0 heterocycles. The van der Waals surface area contributed by atoms with E-state index in [1.807, 2.05) is 6.92 Å². The molecule has 1 fully saturated rings. The first-order valence-corrected chi connectivity index (χ1v) is 71.8. The van der Waals surface area contributed by atoms with E-state index >= 15 is 4.79 Å². The molecule has 31 atom stereocenters. The zero-order valence-corrected chi connectivity index (χ0v) is 66.6. The Morgan fingerprint density at radius 1 is 0.797 bits per heavy atom. The van der Waals surface area contributed by atoms with Gasteiger partial charge in [0.15, 0.2) is 5.78 Å². The largest absolute Gasteiger partial charge is 0.389 e. The van der Waals surface area contributed by atoms with Crippen LogP contribution < -0.4 is 0 Å². The van der Waals surface area contributed by atoms with Crippen LogP contribution in [0.15, 0.2) is 23.8 Å². The minimum absolute atomic E-state index is 0.0109. The monoisotopic (exact) mass is 1410 g/mol. The highest BCUT2D eigenvalue weighted by atomic mass is 33.2. The zero-order chi connectivity index (χ0) is 45.6. The van der Waals surface area contributed by atoms with Gasteiger partial charge in [0.1, 0.15) is 6.10 Å². The van der Waals surface area contributed by atoms with Gasteiger partial charge in [0.2, 0.25) is 0 Å². The highest BCUT2D eigenvalue weighted by Gasteiger charge is 2.61. The number of aliphatic hydroxyl groups excluding tert-OH is 1. The van der Waals surface area contributed by atoms with Gasteiger partial charge in [0.05, 0.1) is 52.4 Å². The van der Waals surface area contributed by atoms with E-state index in [9.17, 15) is 5.11 Å². The molecule has 2 aliphatic rings. The first kappa shape index (κ1) is 67.8. The van der Waals surface area contributed by atoms with Crippen molar-refractivity contribution in [2.24, 2.45) is 22.7 Å². The number of aliphatic hydroxyl groups is 1. The summed E-state index contributed by atoms with van der Waals surface area (Å²) in [6, 6.07) is 0. The molecule has 38 heteroatoms. The van der Waals surface area contributed by atoms with Crippen molar-refractivity contribution in [3.05, 3.63) is 23.8 Å². The molecule has 24 unspecified atom stereocenters. The Morgan fingerprint density at radius 3 is 1.75 bits per heavy atom. The van der Waals surface area contributed by atoms with E-state index in [0.717, 1.165) is 6.42 Å². The van der Waals surface area contributed by atoms with Gasteiger partial charge in [0, 0.05) is 41.8 Å². The summed E-state index contributed by atoms with van der Waals surface area (Å²) >= 11 is 0. The molecular formula is C21H66O6P32. The van der Waals surface area contributed by atoms with Crippen LogP contribution in [0.5, 0.6) is 0 Å². The number of carbonyl (C=O) groups is 1. The van der Waals surface area contributed by atoms with E-state index in [1.54, 1.807) is 0 Å². The number of Topliss-reactive ketones (excluding diaryl/α,β-unsaturated/α-hetero) is 1. The molecule has 2 aliphatic carbocycles. The standard InChI is InChI=1S/C21H66O6P32/c1-10-9-20(4,5)13(7-15(10)26-49(57(44)53(36)37)59(55(40)41)56(42)43)18(24-45-28)17-11(2)14(22)8-16(27-47(50(30)31)51(32)33)21(17,6)19(23)12(3)25-48(52(34)35)58(46-29)54(38)39/h9,12-18,22,45-46H,2,7-8,28-44H2,1,3-6H3/t12-,13?,14+,15+,16+,17+,18-,21-,48?,49?,57?,58?/m1/s1. The maximum atomic E-state index is 15.8. The number of ketones is 1. The van der Waals surface area contributed by atoms with Crippen molar-refractivity contribution in [3.63, 3.8) is 0 Å². The van der Waals surface area contributed by atoms with Crippen LogP contribution in [0.3, 0.4) is 0 Å². The third kappa shape index (κ3) is 19.5. The van der Waals surface area contributed by atoms with Crippen LogP contribution >= 0.6 is 261 Å². The van der Waals surface area contributed by atoms with Gasteiger partial charge in [-0.2, -0.15) is 0 Å². The summed E-state index contributed by atoms with van der Waals surface area (Å²) in [7, 11) is 49.8. The van der Waals surface area contributed by atoms with Gasteiger partial charge in [-0.05, 0) is 98.6 Å². The first-order valence-electron chi connectivity index (χ1n) is 16.9. The van der Waals surface area contributed by atoms with E-state index < -0.39 is 93.3 Å². The highest BCUT2D eigenvalue weighted by molar-refractivity contribution is 9.19. The van der Waals surface area contributed by atoms with Crippen LogP contribution in [0.25, 0.3) is 0 Å². The van der Waals surface area contributed by atoms with Crippen molar-refractivity contribution in [1.29, 1.82) is 0 Å². The van der Waals surface area contributed by atoms with Crippen LogP contribution in [-0.2, 0) is 22.9 Å². The fraction of sp³-hybridized carbons (Fsp3) is 0.762. The average molecular weight is 1410 g/mol. The molecule has 0 bridgehead atoms. The molecule has 0 aromatic heterocycles. The lowest BCUT2D eigenvalue weighted by atomic mass is 9.54. The zero-order valence-electron chi connectivity index (χ0n) is 33.4. The lowest BCUT2D eigenvalue weighted by molar-refractivity contribution is -0.155. The normalized spacial score (nSPS) is 29.1. The Kier molecular flexibility index (Phi) is 37.4. The third-order valence-corrected chi connectivity index (χ3v) is 151. The molecule has 0 amide bonds. The molecule has 6 nitrogen and oxygen atoms in total. The van der Waals surface area contributed by atoms with Crippen molar-refractivity contribution in [2.45, 2.75) is 78.0 Å². The summed E-state index contributed by atoms with van der Waals surface area (Å²) in [6.07, 6.45) is 0.793. The van der Waals surface area contributed by atoms with Crippen LogP contribution in [0.2, 0.25) is 0 Å². The Balaban J connectivity index is 2.91. The molecule has 1 N–H and O–H groups in total. The van der Waals surface area contributed by atoms with E-state index in [4.69, 9.17) is 18.1 Å².